The smallest absolute Gasteiger partial charge is 0.210 e. The summed E-state index contributed by atoms with van der Waals surface area (Å²) >= 11 is 4.85. The molecule has 0 aliphatic rings. The molecule has 72 valence electrons. The summed E-state index contributed by atoms with van der Waals surface area (Å²) in [5, 5.41) is 2.79. The molecule has 1 amide bonds. The predicted octanol–water partition coefficient (Wildman–Crippen LogP) is 1.04. The summed E-state index contributed by atoms with van der Waals surface area (Å²) < 4.78 is 0. The lowest BCUT2D eigenvalue weighted by molar-refractivity contribution is -0.117. The second-order valence-corrected chi connectivity index (χ2v) is 2.33. The van der Waals surface area contributed by atoms with Gasteiger partial charge in [0, 0.05) is 13.6 Å². The highest BCUT2D eigenvalue weighted by molar-refractivity contribution is 7.80. The minimum atomic E-state index is 0.520. The fourth-order valence-electron chi connectivity index (χ4n) is 0.487. The number of likely N-dealkylation sites (N-methyl/N-ethyl adjacent to an activating group) is 2. The van der Waals surface area contributed by atoms with Crippen molar-refractivity contribution in [1.29, 1.82) is 0 Å². The van der Waals surface area contributed by atoms with Crippen molar-refractivity contribution in [3.63, 3.8) is 0 Å². The van der Waals surface area contributed by atoms with Crippen LogP contribution in [0.1, 0.15) is 20.8 Å². The van der Waals surface area contributed by atoms with Gasteiger partial charge in [-0.1, -0.05) is 26.1 Å². The Kier molecular flexibility index (Phi) is 12.0. The van der Waals surface area contributed by atoms with Crippen molar-refractivity contribution < 1.29 is 4.79 Å². The van der Waals surface area contributed by atoms with E-state index in [1.165, 1.54) is 0 Å². The van der Waals surface area contributed by atoms with Crippen LogP contribution < -0.4 is 5.32 Å². The molecule has 0 radical (unpaired) electrons. The first-order valence-electron chi connectivity index (χ1n) is 4.14. The molecule has 4 heteroatoms. The summed E-state index contributed by atoms with van der Waals surface area (Å²) in [6.45, 7) is 7.13. The third-order valence-electron chi connectivity index (χ3n) is 1.18. The van der Waals surface area contributed by atoms with Gasteiger partial charge in [0.2, 0.25) is 6.41 Å². The molecule has 0 saturated carbocycles. The van der Waals surface area contributed by atoms with E-state index >= 15 is 0 Å². The number of nitrogens with one attached hydrogen (secondary N) is 1. The maximum atomic E-state index is 10.2. The summed E-state index contributed by atoms with van der Waals surface area (Å²) in [5.74, 6) is 0. The van der Waals surface area contributed by atoms with Crippen LogP contribution in [0, 0.1) is 0 Å². The van der Waals surface area contributed by atoms with E-state index in [2.05, 4.69) is 5.32 Å². The Morgan fingerprint density at radius 1 is 1.58 bits per heavy atom. The highest BCUT2D eigenvalue weighted by Crippen LogP contribution is 1.81. The first-order chi connectivity index (χ1) is 5.74. The molecule has 0 saturated heterocycles. The second-order valence-electron chi connectivity index (χ2n) is 1.84. The molecule has 0 aliphatic heterocycles. The molecule has 0 aromatic rings. The Bertz CT molecular complexity index is 128. The normalized spacial score (nSPS) is 7.67. The van der Waals surface area contributed by atoms with E-state index in [4.69, 9.17) is 12.2 Å². The van der Waals surface area contributed by atoms with Gasteiger partial charge in [0.25, 0.3) is 0 Å². The summed E-state index contributed by atoms with van der Waals surface area (Å²) in [5.41, 5.74) is 0. The Morgan fingerprint density at radius 3 is 2.33 bits per heavy atom. The summed E-state index contributed by atoms with van der Waals surface area (Å²) in [4.78, 5) is 12.5. The van der Waals surface area contributed by atoms with Gasteiger partial charge < -0.3 is 10.2 Å². The van der Waals surface area contributed by atoms with E-state index in [1.807, 2.05) is 20.8 Å². The molecule has 3 nitrogen and oxygen atoms in total. The van der Waals surface area contributed by atoms with E-state index in [0.717, 1.165) is 6.41 Å². The molecule has 0 spiro atoms. The molecule has 0 atom stereocenters. The van der Waals surface area contributed by atoms with Crippen LogP contribution in [0.2, 0.25) is 0 Å². The van der Waals surface area contributed by atoms with Gasteiger partial charge in [-0.05, 0) is 6.92 Å². The van der Waals surface area contributed by atoms with Gasteiger partial charge >= 0.3 is 0 Å². The van der Waals surface area contributed by atoms with Crippen molar-refractivity contribution in [2.24, 2.45) is 0 Å². The highest BCUT2D eigenvalue weighted by atomic mass is 32.1. The molecule has 1 N–H and O–H groups in total. The minimum Gasteiger partial charge on any atom is -0.381 e. The van der Waals surface area contributed by atoms with Gasteiger partial charge in [0.1, 0.15) is 0 Å². The van der Waals surface area contributed by atoms with E-state index in [-0.39, 0.29) is 0 Å². The molecule has 0 aromatic carbocycles. The van der Waals surface area contributed by atoms with Crippen LogP contribution in [0.5, 0.6) is 0 Å². The number of rotatable bonds is 4. The van der Waals surface area contributed by atoms with Gasteiger partial charge in [-0.3, -0.25) is 4.79 Å². The number of hydrogen-bond donors (Lipinski definition) is 1. The quantitative estimate of drug-likeness (QED) is 0.531. The lowest BCUT2D eigenvalue weighted by Crippen LogP contribution is -2.33. The second kappa shape index (κ2) is 10.4. The van der Waals surface area contributed by atoms with Crippen LogP contribution >= 0.6 is 12.2 Å². The molecule has 0 bridgehead atoms. The third kappa shape index (κ3) is 7.47. The molecule has 0 rings (SSSR count). The molecule has 0 unspecified atom stereocenters. The molecule has 12 heavy (non-hydrogen) atoms. The maximum Gasteiger partial charge on any atom is 0.210 e. The molecule has 0 aliphatic carbocycles. The largest absolute Gasteiger partial charge is 0.381 e. The Hall–Kier alpha value is -0.640. The number of carbonyl (C=O) groups excluding carboxylic acids is 1. The maximum absolute atomic E-state index is 10.2. The molecule has 0 fully saturated rings. The molecular weight excluding hydrogens is 172 g/mol. The average molecular weight is 190 g/mol. The number of thiocarbonyl (C=S) groups is 1. The van der Waals surface area contributed by atoms with Crippen molar-refractivity contribution in [2.45, 2.75) is 20.8 Å². The van der Waals surface area contributed by atoms with E-state index in [9.17, 15) is 4.79 Å². The van der Waals surface area contributed by atoms with Crippen LogP contribution in [-0.2, 0) is 4.79 Å². The summed E-state index contributed by atoms with van der Waals surface area (Å²) in [6.07, 6.45) is 0.795. The van der Waals surface area contributed by atoms with Gasteiger partial charge in [-0.2, -0.15) is 0 Å². The monoisotopic (exact) mass is 190 g/mol. The number of nitrogens with zero attached hydrogens (tertiary/aromatic N) is 1. The van der Waals surface area contributed by atoms with E-state index < -0.39 is 0 Å². The lowest BCUT2D eigenvalue weighted by atomic mass is 10.5. The van der Waals surface area contributed by atoms with Crippen molar-refractivity contribution in [2.75, 3.05) is 20.1 Å². The lowest BCUT2D eigenvalue weighted by Gasteiger charge is -2.14. The first-order valence-corrected chi connectivity index (χ1v) is 4.55. The van der Waals surface area contributed by atoms with Crippen molar-refractivity contribution in [3.8, 4) is 0 Å². The third-order valence-corrected chi connectivity index (χ3v) is 1.51. The predicted molar refractivity (Wildman–Crippen MR) is 56.3 cm³/mol. The number of hydrogen-bond acceptors (Lipinski definition) is 2. The zero-order chi connectivity index (χ0) is 9.98. The minimum absolute atomic E-state index is 0.520. The average Bonchev–Trinajstić information content (AvgIpc) is 2.16. The molecular formula is C8H18N2OS. The van der Waals surface area contributed by atoms with Crippen molar-refractivity contribution >= 4 is 23.6 Å². The van der Waals surface area contributed by atoms with Gasteiger partial charge in [0.15, 0.2) is 0 Å². The van der Waals surface area contributed by atoms with Crippen LogP contribution in [0.25, 0.3) is 0 Å². The summed E-state index contributed by atoms with van der Waals surface area (Å²) in [6, 6.07) is 0. The van der Waals surface area contributed by atoms with Crippen molar-refractivity contribution in [1.82, 2.24) is 10.2 Å². The first kappa shape index (κ1) is 13.9. The fraction of sp³-hybridized carbons (Fsp3) is 0.750. The fourth-order valence-corrected chi connectivity index (χ4v) is 0.653. The van der Waals surface area contributed by atoms with Gasteiger partial charge in [-0.25, -0.2) is 0 Å². The Balaban J connectivity index is 0. The van der Waals surface area contributed by atoms with Crippen LogP contribution in [0.3, 0.4) is 0 Å². The highest BCUT2D eigenvalue weighted by Gasteiger charge is 1.99. The molecule has 0 aromatic heterocycles. The Labute approximate surface area is 80.1 Å². The van der Waals surface area contributed by atoms with Crippen LogP contribution in [-0.4, -0.2) is 36.4 Å². The summed E-state index contributed by atoms with van der Waals surface area (Å²) in [7, 11) is 1.75. The zero-order valence-corrected chi connectivity index (χ0v) is 9.07. The number of amides is 1. The SMILES string of the molecule is CC.CCN(C=O)CC(=S)NC. The van der Waals surface area contributed by atoms with Gasteiger partial charge in [0.05, 0.1) is 11.5 Å². The van der Waals surface area contributed by atoms with Crippen molar-refractivity contribution in [3.05, 3.63) is 0 Å². The van der Waals surface area contributed by atoms with Gasteiger partial charge in [-0.15, -0.1) is 0 Å². The van der Waals surface area contributed by atoms with E-state index in [1.54, 1.807) is 11.9 Å². The van der Waals surface area contributed by atoms with Crippen LogP contribution in [0.15, 0.2) is 0 Å². The molecule has 0 heterocycles. The Morgan fingerprint density at radius 2 is 2.08 bits per heavy atom. The van der Waals surface area contributed by atoms with E-state index in [0.29, 0.717) is 18.1 Å². The standard InChI is InChI=1S/C6H12N2OS.C2H6/c1-3-8(5-9)4-6(10)7-2;1-2/h5H,3-4H2,1-2H3,(H,7,10);1-2H3. The number of carbonyl (C=O) groups is 1. The zero-order valence-electron chi connectivity index (χ0n) is 8.26. The van der Waals surface area contributed by atoms with Crippen LogP contribution in [0.4, 0.5) is 0 Å². The topological polar surface area (TPSA) is 32.3 Å².